The second-order valence-corrected chi connectivity index (χ2v) is 7.34. The average molecular weight is 396 g/mol. The van der Waals surface area contributed by atoms with Crippen LogP contribution in [0.1, 0.15) is 30.0 Å². The van der Waals surface area contributed by atoms with Crippen LogP contribution < -0.4 is 20.3 Å². The number of aromatic nitrogens is 5. The summed E-state index contributed by atoms with van der Waals surface area (Å²) in [6, 6.07) is 0.734. The van der Waals surface area contributed by atoms with Crippen LogP contribution in [0.15, 0.2) is 24.8 Å². The van der Waals surface area contributed by atoms with Gasteiger partial charge in [0.25, 0.3) is 11.8 Å². The van der Waals surface area contributed by atoms with E-state index in [9.17, 15) is 4.79 Å². The molecule has 1 aliphatic heterocycles. The second kappa shape index (κ2) is 7.63. The number of carbonyl (C=O) groups excluding carboxylic acids is 1. The van der Waals surface area contributed by atoms with Gasteiger partial charge in [0.1, 0.15) is 11.5 Å². The molecule has 1 amide bonds. The van der Waals surface area contributed by atoms with Gasteiger partial charge in [0.05, 0.1) is 31.4 Å². The van der Waals surface area contributed by atoms with Crippen LogP contribution in [0.3, 0.4) is 0 Å². The van der Waals surface area contributed by atoms with Crippen LogP contribution >= 0.6 is 0 Å². The number of piperazine rings is 1. The maximum Gasteiger partial charge on any atom is 0.277 e. The SMILES string of the molecule is COc1nc(NC(=O)c2cnc(N3C[C@H](C)N[C@@H](C)C3)cn2)cn2cc(C)nc12. The van der Waals surface area contributed by atoms with Crippen molar-refractivity contribution in [3.05, 3.63) is 36.2 Å². The van der Waals surface area contributed by atoms with Crippen LogP contribution in [0.25, 0.3) is 5.65 Å². The number of carbonyl (C=O) groups is 1. The summed E-state index contributed by atoms with van der Waals surface area (Å²) in [5.74, 6) is 1.04. The van der Waals surface area contributed by atoms with Crippen molar-refractivity contribution in [1.29, 1.82) is 0 Å². The number of fused-ring (bicyclic) bond motifs is 1. The van der Waals surface area contributed by atoms with Crippen LogP contribution in [0.5, 0.6) is 5.88 Å². The van der Waals surface area contributed by atoms with Crippen LogP contribution in [0, 0.1) is 6.92 Å². The van der Waals surface area contributed by atoms with E-state index in [4.69, 9.17) is 4.74 Å². The number of nitrogens with one attached hydrogen (secondary N) is 2. The zero-order chi connectivity index (χ0) is 20.5. The van der Waals surface area contributed by atoms with E-state index < -0.39 is 5.91 Å². The number of amides is 1. The fraction of sp³-hybridized carbons (Fsp3) is 0.421. The third-order valence-corrected chi connectivity index (χ3v) is 4.71. The Kier molecular flexibility index (Phi) is 5.01. The number of rotatable bonds is 4. The van der Waals surface area contributed by atoms with E-state index in [0.717, 1.165) is 24.6 Å². The first-order valence-electron chi connectivity index (χ1n) is 9.47. The van der Waals surface area contributed by atoms with E-state index in [1.807, 2.05) is 13.1 Å². The lowest BCUT2D eigenvalue weighted by Crippen LogP contribution is -2.54. The van der Waals surface area contributed by atoms with Gasteiger partial charge < -0.3 is 20.3 Å². The molecule has 29 heavy (non-hydrogen) atoms. The molecule has 3 aromatic rings. The van der Waals surface area contributed by atoms with Crippen molar-refractivity contribution < 1.29 is 9.53 Å². The minimum absolute atomic E-state index is 0.215. The number of imidazole rings is 1. The van der Waals surface area contributed by atoms with Gasteiger partial charge in [-0.3, -0.25) is 9.20 Å². The smallest absolute Gasteiger partial charge is 0.277 e. The van der Waals surface area contributed by atoms with Gasteiger partial charge >= 0.3 is 0 Å². The lowest BCUT2D eigenvalue weighted by molar-refractivity contribution is 0.102. The molecule has 1 fully saturated rings. The third kappa shape index (κ3) is 3.97. The van der Waals surface area contributed by atoms with Crippen LogP contribution in [0.4, 0.5) is 11.6 Å². The Morgan fingerprint density at radius 3 is 2.59 bits per heavy atom. The highest BCUT2D eigenvalue weighted by Crippen LogP contribution is 2.20. The van der Waals surface area contributed by atoms with E-state index in [0.29, 0.717) is 29.4 Å². The van der Waals surface area contributed by atoms with E-state index in [2.05, 4.69) is 49.3 Å². The minimum atomic E-state index is -0.392. The summed E-state index contributed by atoms with van der Waals surface area (Å²) in [4.78, 5) is 32.2. The molecule has 3 aromatic heterocycles. The molecular formula is C19H24N8O2. The number of hydrogen-bond donors (Lipinski definition) is 2. The number of methoxy groups -OCH3 is 1. The normalized spacial score (nSPS) is 19.4. The van der Waals surface area contributed by atoms with Crippen molar-refractivity contribution in [2.75, 3.05) is 30.4 Å². The quantitative estimate of drug-likeness (QED) is 0.679. The van der Waals surface area contributed by atoms with E-state index in [-0.39, 0.29) is 5.69 Å². The number of anilines is 2. The highest BCUT2D eigenvalue weighted by Gasteiger charge is 2.22. The van der Waals surface area contributed by atoms with Gasteiger partial charge in [0.15, 0.2) is 5.82 Å². The van der Waals surface area contributed by atoms with Crippen molar-refractivity contribution in [2.45, 2.75) is 32.9 Å². The molecule has 0 bridgehead atoms. The lowest BCUT2D eigenvalue weighted by atomic mass is 10.1. The predicted molar refractivity (Wildman–Crippen MR) is 109 cm³/mol. The van der Waals surface area contributed by atoms with Gasteiger partial charge in [-0.1, -0.05) is 0 Å². The topological polar surface area (TPSA) is 110 Å². The molecule has 10 nitrogen and oxygen atoms in total. The Balaban J connectivity index is 1.51. The van der Waals surface area contributed by atoms with Crippen LogP contribution in [0.2, 0.25) is 0 Å². The highest BCUT2D eigenvalue weighted by molar-refractivity contribution is 6.02. The standard InChI is InChI=1S/C19H24N8O2/c1-11-7-26(8-12(2)22-11)16-6-20-14(5-21-16)18(28)24-15-10-27-9-13(3)23-17(27)19(25-15)29-4/h5-6,9-12,22H,7-8H2,1-4H3,(H,24,28)/t11-,12-/m0/s1. The molecule has 0 saturated carbocycles. The molecule has 152 valence electrons. The summed E-state index contributed by atoms with van der Waals surface area (Å²) in [6.07, 6.45) is 6.63. The molecule has 0 aliphatic carbocycles. The Bertz CT molecular complexity index is 1020. The lowest BCUT2D eigenvalue weighted by Gasteiger charge is -2.36. The first-order valence-corrected chi connectivity index (χ1v) is 9.47. The molecule has 0 spiro atoms. The largest absolute Gasteiger partial charge is 0.478 e. The molecule has 1 saturated heterocycles. The average Bonchev–Trinajstić information content (AvgIpc) is 3.06. The molecule has 4 heterocycles. The summed E-state index contributed by atoms with van der Waals surface area (Å²) >= 11 is 0. The van der Waals surface area contributed by atoms with E-state index in [1.165, 1.54) is 13.3 Å². The number of nitrogens with zero attached hydrogens (tertiary/aromatic N) is 6. The van der Waals surface area contributed by atoms with Gasteiger partial charge in [0.2, 0.25) is 5.65 Å². The zero-order valence-corrected chi connectivity index (χ0v) is 16.9. The molecule has 4 rings (SSSR count). The Hall–Kier alpha value is -3.27. The van der Waals surface area contributed by atoms with Gasteiger partial charge in [-0.25, -0.2) is 15.0 Å². The van der Waals surface area contributed by atoms with Crippen molar-refractivity contribution in [1.82, 2.24) is 29.7 Å². The van der Waals surface area contributed by atoms with Crippen LogP contribution in [-0.2, 0) is 0 Å². The van der Waals surface area contributed by atoms with E-state index in [1.54, 1.807) is 16.8 Å². The highest BCUT2D eigenvalue weighted by atomic mass is 16.5. The molecule has 2 atom stereocenters. The van der Waals surface area contributed by atoms with Gasteiger partial charge in [0, 0.05) is 31.4 Å². The minimum Gasteiger partial charge on any atom is -0.478 e. The molecule has 0 unspecified atom stereocenters. The molecule has 0 radical (unpaired) electrons. The van der Waals surface area contributed by atoms with Crippen molar-refractivity contribution >= 4 is 23.2 Å². The molecule has 10 heteroatoms. The Morgan fingerprint density at radius 2 is 1.93 bits per heavy atom. The molecular weight excluding hydrogens is 372 g/mol. The molecule has 2 N–H and O–H groups in total. The molecule has 1 aliphatic rings. The fourth-order valence-corrected chi connectivity index (χ4v) is 3.59. The Labute approximate surface area is 168 Å². The maximum atomic E-state index is 12.6. The maximum absolute atomic E-state index is 12.6. The fourth-order valence-electron chi connectivity index (χ4n) is 3.59. The van der Waals surface area contributed by atoms with E-state index >= 15 is 0 Å². The summed E-state index contributed by atoms with van der Waals surface area (Å²) in [7, 11) is 1.51. The van der Waals surface area contributed by atoms with Gasteiger partial charge in [-0.15, -0.1) is 0 Å². The summed E-state index contributed by atoms with van der Waals surface area (Å²) < 4.78 is 7.05. The second-order valence-electron chi connectivity index (χ2n) is 7.34. The monoisotopic (exact) mass is 396 g/mol. The van der Waals surface area contributed by atoms with Crippen molar-refractivity contribution in [3.8, 4) is 5.88 Å². The molecule has 0 aromatic carbocycles. The summed E-state index contributed by atoms with van der Waals surface area (Å²) in [5, 5.41) is 6.22. The summed E-state index contributed by atoms with van der Waals surface area (Å²) in [6.45, 7) is 7.84. The summed E-state index contributed by atoms with van der Waals surface area (Å²) in [5.41, 5.74) is 1.63. The number of ether oxygens (including phenoxy) is 1. The van der Waals surface area contributed by atoms with Gasteiger partial charge in [-0.2, -0.15) is 4.98 Å². The number of hydrogen-bond acceptors (Lipinski definition) is 8. The third-order valence-electron chi connectivity index (χ3n) is 4.71. The van der Waals surface area contributed by atoms with Crippen LogP contribution in [-0.4, -0.2) is 62.5 Å². The Morgan fingerprint density at radius 1 is 1.17 bits per heavy atom. The van der Waals surface area contributed by atoms with Crippen molar-refractivity contribution in [2.24, 2.45) is 0 Å². The first kappa shape index (κ1) is 19.1. The van der Waals surface area contributed by atoms with Gasteiger partial charge in [-0.05, 0) is 20.8 Å². The number of aryl methyl sites for hydroxylation is 1. The predicted octanol–water partition coefficient (Wildman–Crippen LogP) is 1.28. The first-order chi connectivity index (χ1) is 13.9. The zero-order valence-electron chi connectivity index (χ0n) is 16.9. The van der Waals surface area contributed by atoms with Crippen molar-refractivity contribution in [3.63, 3.8) is 0 Å².